The highest BCUT2D eigenvalue weighted by Gasteiger charge is 2.20. The molecule has 140 valence electrons. The van der Waals surface area contributed by atoms with Crippen molar-refractivity contribution >= 4 is 17.7 Å². The van der Waals surface area contributed by atoms with Crippen LogP contribution in [0.5, 0.6) is 11.5 Å². The summed E-state index contributed by atoms with van der Waals surface area (Å²) < 4.78 is 10.5. The quantitative estimate of drug-likeness (QED) is 0.681. The molecule has 25 heavy (non-hydrogen) atoms. The Labute approximate surface area is 155 Å². The van der Waals surface area contributed by atoms with Gasteiger partial charge in [-0.15, -0.1) is 0 Å². The molecule has 0 bridgehead atoms. The van der Waals surface area contributed by atoms with E-state index in [2.05, 4.69) is 16.5 Å². The van der Waals surface area contributed by atoms with E-state index in [4.69, 9.17) is 9.47 Å². The molecule has 1 aromatic rings. The Morgan fingerprint density at radius 2 is 2.00 bits per heavy atom. The molecule has 0 aromatic heterocycles. The van der Waals surface area contributed by atoms with Crippen LogP contribution in [0.25, 0.3) is 0 Å². The summed E-state index contributed by atoms with van der Waals surface area (Å²) in [7, 11) is 3.17. The van der Waals surface area contributed by atoms with Crippen molar-refractivity contribution in [2.75, 3.05) is 52.4 Å². The van der Waals surface area contributed by atoms with Crippen LogP contribution in [0.2, 0.25) is 0 Å². The molecule has 0 aliphatic carbocycles. The van der Waals surface area contributed by atoms with Crippen LogP contribution in [0, 0.1) is 5.92 Å². The maximum atomic E-state index is 12.5. The minimum atomic E-state index is -0.0725. The summed E-state index contributed by atoms with van der Waals surface area (Å²) in [5.41, 5.74) is 0.573. The SMILES string of the molecule is COc1cc(OC)cc(C(=O)NCC2CCCN(CCCSC)C2)c1. The number of amides is 1. The van der Waals surface area contributed by atoms with E-state index in [9.17, 15) is 4.79 Å². The van der Waals surface area contributed by atoms with Crippen LogP contribution >= 0.6 is 11.8 Å². The number of piperidine rings is 1. The number of carbonyl (C=O) groups is 1. The van der Waals surface area contributed by atoms with Crippen LogP contribution in [-0.2, 0) is 0 Å². The summed E-state index contributed by atoms with van der Waals surface area (Å²) in [4.78, 5) is 15.0. The van der Waals surface area contributed by atoms with Crippen molar-refractivity contribution in [1.29, 1.82) is 0 Å². The van der Waals surface area contributed by atoms with E-state index >= 15 is 0 Å². The molecule has 2 rings (SSSR count). The van der Waals surface area contributed by atoms with Gasteiger partial charge in [0.15, 0.2) is 0 Å². The monoisotopic (exact) mass is 366 g/mol. The normalized spacial score (nSPS) is 18.0. The molecule has 0 saturated carbocycles. The molecule has 1 aliphatic heterocycles. The van der Waals surface area contributed by atoms with Crippen LogP contribution in [0.4, 0.5) is 0 Å². The van der Waals surface area contributed by atoms with E-state index in [1.54, 1.807) is 32.4 Å². The number of methoxy groups -OCH3 is 2. The van der Waals surface area contributed by atoms with Crippen LogP contribution < -0.4 is 14.8 Å². The largest absolute Gasteiger partial charge is 0.497 e. The third kappa shape index (κ3) is 6.44. The number of nitrogens with one attached hydrogen (secondary N) is 1. The lowest BCUT2D eigenvalue weighted by molar-refractivity contribution is 0.0932. The lowest BCUT2D eigenvalue weighted by atomic mass is 9.97. The molecule has 1 heterocycles. The number of rotatable bonds is 9. The van der Waals surface area contributed by atoms with Gasteiger partial charge in [-0.3, -0.25) is 4.79 Å². The Morgan fingerprint density at radius 1 is 1.28 bits per heavy atom. The predicted octanol–water partition coefficient (Wildman–Crippen LogP) is 2.90. The molecule has 0 radical (unpaired) electrons. The van der Waals surface area contributed by atoms with Gasteiger partial charge < -0.3 is 19.7 Å². The molecule has 1 aliphatic rings. The number of carbonyl (C=O) groups excluding carboxylic acids is 1. The van der Waals surface area contributed by atoms with Crippen LogP contribution in [-0.4, -0.2) is 63.2 Å². The molecule has 1 unspecified atom stereocenters. The van der Waals surface area contributed by atoms with E-state index in [0.29, 0.717) is 23.0 Å². The first-order valence-electron chi connectivity index (χ1n) is 8.88. The Bertz CT molecular complexity index is 531. The van der Waals surface area contributed by atoms with Gasteiger partial charge in [-0.1, -0.05) is 0 Å². The summed E-state index contributed by atoms with van der Waals surface area (Å²) in [6.45, 7) is 4.15. The van der Waals surface area contributed by atoms with Gasteiger partial charge in [-0.05, 0) is 62.4 Å². The van der Waals surface area contributed by atoms with Gasteiger partial charge in [0, 0.05) is 24.7 Å². The molecular weight excluding hydrogens is 336 g/mol. The van der Waals surface area contributed by atoms with Crippen molar-refractivity contribution in [3.05, 3.63) is 23.8 Å². The maximum absolute atomic E-state index is 12.5. The van der Waals surface area contributed by atoms with Crippen molar-refractivity contribution < 1.29 is 14.3 Å². The highest BCUT2D eigenvalue weighted by molar-refractivity contribution is 7.98. The molecular formula is C19H30N2O3S. The number of thioether (sulfide) groups is 1. The second-order valence-corrected chi connectivity index (χ2v) is 7.45. The Kier molecular flexibility index (Phi) is 8.41. The number of ether oxygens (including phenoxy) is 2. The van der Waals surface area contributed by atoms with E-state index in [1.165, 1.54) is 38.1 Å². The molecule has 6 heteroatoms. The standard InChI is InChI=1S/C19H30N2O3S/c1-23-17-10-16(11-18(12-17)24-2)19(22)20-13-15-6-4-7-21(14-15)8-5-9-25-3/h10-12,15H,4-9,13-14H2,1-3H3,(H,20,22). The number of hydrogen-bond acceptors (Lipinski definition) is 5. The molecule has 1 saturated heterocycles. The first-order chi connectivity index (χ1) is 12.2. The fourth-order valence-corrected chi connectivity index (χ4v) is 3.65. The van der Waals surface area contributed by atoms with Crippen LogP contribution in [0.3, 0.4) is 0 Å². The van der Waals surface area contributed by atoms with Crippen LogP contribution in [0.1, 0.15) is 29.6 Å². The zero-order valence-corrected chi connectivity index (χ0v) is 16.4. The van der Waals surface area contributed by atoms with Crippen molar-refractivity contribution in [2.45, 2.75) is 19.3 Å². The summed E-state index contributed by atoms with van der Waals surface area (Å²) in [5.74, 6) is 2.93. The second kappa shape index (κ2) is 10.6. The fourth-order valence-electron chi connectivity index (χ4n) is 3.23. The maximum Gasteiger partial charge on any atom is 0.251 e. The van der Waals surface area contributed by atoms with Crippen molar-refractivity contribution in [1.82, 2.24) is 10.2 Å². The number of hydrogen-bond donors (Lipinski definition) is 1. The molecule has 1 amide bonds. The van der Waals surface area contributed by atoms with Gasteiger partial charge in [-0.2, -0.15) is 11.8 Å². The van der Waals surface area contributed by atoms with Gasteiger partial charge in [0.1, 0.15) is 11.5 Å². The van der Waals surface area contributed by atoms with Gasteiger partial charge in [-0.25, -0.2) is 0 Å². The van der Waals surface area contributed by atoms with Gasteiger partial charge in [0.2, 0.25) is 0 Å². The van der Waals surface area contributed by atoms with Gasteiger partial charge in [0.25, 0.3) is 5.91 Å². The number of benzene rings is 1. The molecule has 0 spiro atoms. The Morgan fingerprint density at radius 3 is 2.64 bits per heavy atom. The Balaban J connectivity index is 1.85. The highest BCUT2D eigenvalue weighted by atomic mass is 32.2. The predicted molar refractivity (Wildman–Crippen MR) is 104 cm³/mol. The molecule has 1 N–H and O–H groups in total. The first-order valence-corrected chi connectivity index (χ1v) is 10.3. The lowest BCUT2D eigenvalue weighted by Gasteiger charge is -2.32. The topological polar surface area (TPSA) is 50.8 Å². The third-order valence-electron chi connectivity index (χ3n) is 4.59. The zero-order chi connectivity index (χ0) is 18.1. The Hall–Kier alpha value is -1.40. The summed E-state index contributed by atoms with van der Waals surface area (Å²) in [5, 5.41) is 3.08. The first kappa shape index (κ1) is 19.9. The average Bonchev–Trinajstić information content (AvgIpc) is 2.66. The minimum Gasteiger partial charge on any atom is -0.497 e. The van der Waals surface area contributed by atoms with Crippen LogP contribution in [0.15, 0.2) is 18.2 Å². The minimum absolute atomic E-state index is 0.0725. The average molecular weight is 367 g/mol. The third-order valence-corrected chi connectivity index (χ3v) is 5.29. The number of likely N-dealkylation sites (tertiary alicyclic amines) is 1. The zero-order valence-electron chi connectivity index (χ0n) is 15.5. The molecule has 1 aromatic carbocycles. The molecule has 1 atom stereocenters. The van der Waals surface area contributed by atoms with Crippen molar-refractivity contribution in [3.8, 4) is 11.5 Å². The fraction of sp³-hybridized carbons (Fsp3) is 0.632. The van der Waals surface area contributed by atoms with Gasteiger partial charge in [0.05, 0.1) is 14.2 Å². The summed E-state index contributed by atoms with van der Waals surface area (Å²) in [6, 6.07) is 5.26. The highest BCUT2D eigenvalue weighted by Crippen LogP contribution is 2.22. The number of nitrogens with zero attached hydrogens (tertiary/aromatic N) is 1. The smallest absolute Gasteiger partial charge is 0.251 e. The second-order valence-electron chi connectivity index (χ2n) is 6.47. The molecule has 5 nitrogen and oxygen atoms in total. The lowest BCUT2D eigenvalue weighted by Crippen LogP contribution is -2.41. The van der Waals surface area contributed by atoms with E-state index in [0.717, 1.165) is 13.1 Å². The summed E-state index contributed by atoms with van der Waals surface area (Å²) in [6.07, 6.45) is 5.79. The van der Waals surface area contributed by atoms with E-state index in [1.807, 2.05) is 11.8 Å². The van der Waals surface area contributed by atoms with Crippen molar-refractivity contribution in [3.63, 3.8) is 0 Å². The van der Waals surface area contributed by atoms with Crippen molar-refractivity contribution in [2.24, 2.45) is 5.92 Å². The van der Waals surface area contributed by atoms with E-state index < -0.39 is 0 Å². The summed E-state index contributed by atoms with van der Waals surface area (Å²) >= 11 is 1.90. The molecule has 1 fully saturated rings. The van der Waals surface area contributed by atoms with E-state index in [-0.39, 0.29) is 5.91 Å². The van der Waals surface area contributed by atoms with Gasteiger partial charge >= 0.3 is 0 Å².